The molecule has 0 aliphatic rings. The van der Waals surface area contributed by atoms with Crippen molar-refractivity contribution in [2.75, 3.05) is 18.4 Å². The number of benzene rings is 2. The van der Waals surface area contributed by atoms with Crippen LogP contribution in [0.2, 0.25) is 0 Å². The maximum atomic E-state index is 12.5. The summed E-state index contributed by atoms with van der Waals surface area (Å²) in [5.41, 5.74) is 4.06. The van der Waals surface area contributed by atoms with Gasteiger partial charge in [0.1, 0.15) is 11.4 Å². The van der Waals surface area contributed by atoms with Gasteiger partial charge < -0.3 is 10.4 Å². The molecule has 9 nitrogen and oxygen atoms in total. The highest BCUT2D eigenvalue weighted by atomic mass is 32.2. The Balaban J connectivity index is 1.33. The topological polar surface area (TPSA) is 122 Å². The zero-order chi connectivity index (χ0) is 24.4. The van der Waals surface area contributed by atoms with Gasteiger partial charge in [-0.05, 0) is 49.4 Å². The number of hydrogen-bond acceptors (Lipinski definition) is 8. The minimum absolute atomic E-state index is 0.171. The van der Waals surface area contributed by atoms with E-state index in [1.54, 1.807) is 48.7 Å². The monoisotopic (exact) mass is 506 g/mol. The Morgan fingerprint density at radius 3 is 2.54 bits per heavy atom. The Morgan fingerprint density at radius 2 is 1.77 bits per heavy atom. The minimum Gasteiger partial charge on any atom is -0.508 e. The van der Waals surface area contributed by atoms with E-state index in [1.165, 1.54) is 11.3 Å². The first-order valence-corrected chi connectivity index (χ1v) is 13.2. The van der Waals surface area contributed by atoms with Gasteiger partial charge in [-0.3, -0.25) is 4.40 Å². The zero-order valence-corrected chi connectivity index (χ0v) is 20.3. The summed E-state index contributed by atoms with van der Waals surface area (Å²) in [6.07, 6.45) is 3.58. The molecule has 178 valence electrons. The molecule has 5 aromatic rings. The summed E-state index contributed by atoms with van der Waals surface area (Å²) in [6.45, 7) is 2.38. The van der Waals surface area contributed by atoms with Gasteiger partial charge >= 0.3 is 0 Å². The van der Waals surface area contributed by atoms with Crippen molar-refractivity contribution in [1.29, 1.82) is 0 Å². The number of aryl methyl sites for hydroxylation is 1. The van der Waals surface area contributed by atoms with Gasteiger partial charge in [-0.1, -0.05) is 17.7 Å². The molecule has 0 spiro atoms. The number of rotatable bonds is 8. The highest BCUT2D eigenvalue weighted by molar-refractivity contribution is 7.89. The first kappa shape index (κ1) is 23.0. The molecule has 11 heteroatoms. The maximum Gasteiger partial charge on any atom is 0.240 e. The first-order valence-electron chi connectivity index (χ1n) is 10.8. The van der Waals surface area contributed by atoms with Crippen LogP contribution in [0.25, 0.3) is 27.6 Å². The molecule has 5 rings (SSSR count). The normalized spacial score (nSPS) is 11.7. The predicted octanol–water partition coefficient (Wildman–Crippen LogP) is 3.92. The number of nitrogens with one attached hydrogen (secondary N) is 2. The predicted molar refractivity (Wildman–Crippen MR) is 136 cm³/mol. The van der Waals surface area contributed by atoms with Gasteiger partial charge in [0, 0.05) is 36.4 Å². The average molecular weight is 507 g/mol. The molecule has 2 aromatic carbocycles. The second-order valence-corrected chi connectivity index (χ2v) is 10.5. The molecule has 3 aromatic heterocycles. The van der Waals surface area contributed by atoms with Crippen molar-refractivity contribution < 1.29 is 13.5 Å². The van der Waals surface area contributed by atoms with Crippen molar-refractivity contribution in [3.63, 3.8) is 0 Å². The van der Waals surface area contributed by atoms with E-state index in [-0.39, 0.29) is 17.2 Å². The van der Waals surface area contributed by atoms with E-state index in [4.69, 9.17) is 4.98 Å². The van der Waals surface area contributed by atoms with Crippen molar-refractivity contribution in [2.24, 2.45) is 0 Å². The van der Waals surface area contributed by atoms with Crippen molar-refractivity contribution in [1.82, 2.24) is 24.1 Å². The van der Waals surface area contributed by atoms with Crippen LogP contribution < -0.4 is 10.0 Å². The van der Waals surface area contributed by atoms with E-state index in [0.717, 1.165) is 27.5 Å². The lowest BCUT2D eigenvalue weighted by Crippen LogP contribution is -2.29. The Bertz CT molecular complexity index is 1580. The van der Waals surface area contributed by atoms with Gasteiger partial charge in [0.25, 0.3) is 0 Å². The van der Waals surface area contributed by atoms with Gasteiger partial charge in [-0.2, -0.15) is 0 Å². The number of thiazole rings is 1. The van der Waals surface area contributed by atoms with Crippen molar-refractivity contribution in [3.8, 4) is 28.4 Å². The fraction of sp³-hybridized carbons (Fsp3) is 0.125. The van der Waals surface area contributed by atoms with Crippen molar-refractivity contribution >= 4 is 32.3 Å². The molecule has 0 amide bonds. The zero-order valence-electron chi connectivity index (χ0n) is 18.7. The van der Waals surface area contributed by atoms with E-state index in [2.05, 4.69) is 20.0 Å². The lowest BCUT2D eigenvalue weighted by Gasteiger charge is -2.09. The van der Waals surface area contributed by atoms with Crippen LogP contribution in [-0.4, -0.2) is 46.0 Å². The molecule has 0 aliphatic carbocycles. The summed E-state index contributed by atoms with van der Waals surface area (Å²) in [5.74, 6) is 0.557. The lowest BCUT2D eigenvalue weighted by atomic mass is 10.1. The Kier molecular flexibility index (Phi) is 6.20. The summed E-state index contributed by atoms with van der Waals surface area (Å²) in [4.78, 5) is 14.7. The number of aromatic nitrogens is 4. The maximum absolute atomic E-state index is 12.5. The number of nitrogens with zero attached hydrogens (tertiary/aromatic N) is 4. The summed E-state index contributed by atoms with van der Waals surface area (Å²) in [7, 11) is -3.59. The lowest BCUT2D eigenvalue weighted by molar-refractivity contribution is 0.475. The molecular weight excluding hydrogens is 484 g/mol. The van der Waals surface area contributed by atoms with Gasteiger partial charge in [0.2, 0.25) is 16.0 Å². The van der Waals surface area contributed by atoms with Crippen LogP contribution in [0.15, 0.2) is 77.3 Å². The fourth-order valence-corrected chi connectivity index (χ4v) is 5.33. The van der Waals surface area contributed by atoms with E-state index in [0.29, 0.717) is 18.2 Å². The van der Waals surface area contributed by atoms with Crippen molar-refractivity contribution in [3.05, 3.63) is 77.9 Å². The van der Waals surface area contributed by atoms with Gasteiger partial charge in [-0.15, -0.1) is 11.3 Å². The number of phenolic OH excluding ortho intramolecular Hbond substituents is 1. The van der Waals surface area contributed by atoms with Crippen molar-refractivity contribution in [2.45, 2.75) is 11.8 Å². The van der Waals surface area contributed by atoms with Crippen LogP contribution in [0.5, 0.6) is 5.75 Å². The number of phenols is 1. The molecule has 0 radical (unpaired) electrons. The quantitative estimate of drug-likeness (QED) is 0.273. The number of sulfonamides is 1. The van der Waals surface area contributed by atoms with Gasteiger partial charge in [0.15, 0.2) is 4.96 Å². The molecule has 3 heterocycles. The highest BCUT2D eigenvalue weighted by Crippen LogP contribution is 2.34. The average Bonchev–Trinajstić information content (AvgIpc) is 3.44. The SMILES string of the molecule is Cc1ccc(S(=O)(=O)NCCNc2nccc(-c3c(-c4ccc(O)cc4)nc4sccn34)n2)cc1. The number of imidazole rings is 1. The van der Waals surface area contributed by atoms with E-state index >= 15 is 0 Å². The second-order valence-electron chi connectivity index (χ2n) is 7.81. The molecule has 3 N–H and O–H groups in total. The van der Waals surface area contributed by atoms with Crippen LogP contribution in [0, 0.1) is 6.92 Å². The van der Waals surface area contributed by atoms with Crippen LogP contribution in [0.4, 0.5) is 5.95 Å². The Labute approximate surface area is 206 Å². The number of hydrogen-bond donors (Lipinski definition) is 3. The van der Waals surface area contributed by atoms with Gasteiger partial charge in [-0.25, -0.2) is 28.1 Å². The smallest absolute Gasteiger partial charge is 0.240 e. The summed E-state index contributed by atoms with van der Waals surface area (Å²) >= 11 is 1.52. The van der Waals surface area contributed by atoms with Crippen LogP contribution >= 0.6 is 11.3 Å². The molecule has 0 unspecified atom stereocenters. The number of aromatic hydroxyl groups is 1. The highest BCUT2D eigenvalue weighted by Gasteiger charge is 2.18. The Morgan fingerprint density at radius 1 is 1.00 bits per heavy atom. The largest absolute Gasteiger partial charge is 0.508 e. The number of anilines is 1. The van der Waals surface area contributed by atoms with E-state index in [1.807, 2.05) is 35.0 Å². The second kappa shape index (κ2) is 9.45. The van der Waals surface area contributed by atoms with Crippen LogP contribution in [0.3, 0.4) is 0 Å². The molecule has 0 atom stereocenters. The molecule has 0 aliphatic heterocycles. The van der Waals surface area contributed by atoms with Crippen LogP contribution in [0.1, 0.15) is 5.56 Å². The molecule has 0 saturated carbocycles. The third-order valence-corrected chi connectivity index (χ3v) is 7.57. The molecule has 0 saturated heterocycles. The third kappa shape index (κ3) is 4.87. The summed E-state index contributed by atoms with van der Waals surface area (Å²) in [6, 6.07) is 15.4. The molecular formula is C24H22N6O3S2. The first-order chi connectivity index (χ1) is 16.9. The molecule has 0 fully saturated rings. The van der Waals surface area contributed by atoms with Gasteiger partial charge in [0.05, 0.1) is 16.3 Å². The summed E-state index contributed by atoms with van der Waals surface area (Å²) in [5, 5.41) is 14.7. The third-order valence-electron chi connectivity index (χ3n) is 5.33. The van der Waals surface area contributed by atoms with E-state index in [9.17, 15) is 13.5 Å². The summed E-state index contributed by atoms with van der Waals surface area (Å²) < 4.78 is 29.5. The Hall–Kier alpha value is -3.80. The standard InChI is InChI=1S/C24H22N6O3S2/c1-16-2-8-19(9-3-16)35(32,33)27-13-12-26-23-25-11-10-20(28-23)22-21(17-4-6-18(31)7-5-17)29-24-30(22)14-15-34-24/h2-11,14-15,27,31H,12-13H2,1H3,(H,25,26,28). The van der Waals surface area contributed by atoms with Crippen LogP contribution in [-0.2, 0) is 10.0 Å². The molecule has 0 bridgehead atoms. The molecule has 35 heavy (non-hydrogen) atoms. The van der Waals surface area contributed by atoms with E-state index < -0.39 is 10.0 Å². The fourth-order valence-electron chi connectivity index (χ4n) is 3.59. The minimum atomic E-state index is -3.59. The number of fused-ring (bicyclic) bond motifs is 1.